The number of amides is 1. The summed E-state index contributed by atoms with van der Waals surface area (Å²) in [5, 5.41) is 3.73. The van der Waals surface area contributed by atoms with Gasteiger partial charge in [-0.3, -0.25) is 19.0 Å². The van der Waals surface area contributed by atoms with Crippen LogP contribution in [0.2, 0.25) is 0 Å². The van der Waals surface area contributed by atoms with E-state index >= 15 is 0 Å². The third-order valence-corrected chi connectivity index (χ3v) is 7.10. The molecule has 36 heavy (non-hydrogen) atoms. The van der Waals surface area contributed by atoms with Gasteiger partial charge in [-0.1, -0.05) is 25.6 Å². The molecule has 0 spiro atoms. The molecule has 7 nitrogen and oxygen atoms in total. The Labute approximate surface area is 213 Å². The highest BCUT2D eigenvalue weighted by Gasteiger charge is 2.19. The molecule has 4 rings (SSSR count). The molecule has 1 atom stereocenters. The lowest BCUT2D eigenvalue weighted by atomic mass is 10.1. The average Bonchev–Trinajstić information content (AvgIpc) is 3.39. The largest absolute Gasteiger partial charge is 0.376 e. The molecule has 0 saturated carbocycles. The molecule has 1 aliphatic heterocycles. The molecule has 1 amide bonds. The van der Waals surface area contributed by atoms with Crippen LogP contribution in [0.15, 0.2) is 52.4 Å². The Morgan fingerprint density at radius 3 is 2.64 bits per heavy atom. The van der Waals surface area contributed by atoms with Gasteiger partial charge in [0.1, 0.15) is 5.82 Å². The van der Waals surface area contributed by atoms with Crippen LogP contribution in [0.1, 0.15) is 53.8 Å². The number of ether oxygens (including phenoxy) is 1. The van der Waals surface area contributed by atoms with E-state index in [2.05, 4.69) is 24.1 Å². The molecule has 2 heterocycles. The van der Waals surface area contributed by atoms with Gasteiger partial charge in [-0.15, -0.1) is 0 Å². The summed E-state index contributed by atoms with van der Waals surface area (Å²) in [7, 11) is 0. The summed E-state index contributed by atoms with van der Waals surface area (Å²) < 4.78 is 20.4. The number of Topliss-reactive ketones (excluding diaryl/α,β-unsaturated/α-hetero) is 1. The lowest BCUT2D eigenvalue weighted by Crippen LogP contribution is -2.31. The standard InChI is InChI=1S/C27H30FN3O4S/c1-17(2)11-12-31-26(34)22-10-7-19(25(33)29-15-21-4-3-13-35-21)14-23(22)30-27(31)36-16-24(32)18-5-8-20(28)9-6-18/h5-10,14,17,21H,3-4,11-13,15-16H2,1-2H3,(H,29,33)/t21-/m1/s1. The molecule has 1 fully saturated rings. The molecule has 2 aromatic carbocycles. The van der Waals surface area contributed by atoms with E-state index in [1.54, 1.807) is 22.8 Å². The molecule has 0 bridgehead atoms. The minimum atomic E-state index is -0.409. The van der Waals surface area contributed by atoms with Gasteiger partial charge in [-0.05, 0) is 67.6 Å². The first-order valence-electron chi connectivity index (χ1n) is 12.2. The number of hydrogen-bond acceptors (Lipinski definition) is 6. The van der Waals surface area contributed by atoms with Crippen molar-refractivity contribution in [3.8, 4) is 0 Å². The quantitative estimate of drug-likeness (QED) is 0.246. The Morgan fingerprint density at radius 2 is 1.94 bits per heavy atom. The van der Waals surface area contributed by atoms with Crippen LogP contribution in [0.3, 0.4) is 0 Å². The topological polar surface area (TPSA) is 90.3 Å². The van der Waals surface area contributed by atoms with Crippen LogP contribution in [0, 0.1) is 11.7 Å². The first kappa shape index (κ1) is 26.0. The fraction of sp³-hybridized carbons (Fsp3) is 0.407. The molecule has 1 aromatic heterocycles. The first-order valence-corrected chi connectivity index (χ1v) is 13.2. The summed E-state index contributed by atoms with van der Waals surface area (Å²) in [4.78, 5) is 43.4. The van der Waals surface area contributed by atoms with E-state index in [4.69, 9.17) is 4.74 Å². The number of rotatable bonds is 10. The van der Waals surface area contributed by atoms with Crippen LogP contribution in [0.5, 0.6) is 0 Å². The minimum absolute atomic E-state index is 0.0299. The SMILES string of the molecule is CC(C)CCn1c(SCC(=O)c2ccc(F)cc2)nc2cc(C(=O)NC[C@H]3CCCO3)ccc2c1=O. The van der Waals surface area contributed by atoms with Crippen molar-refractivity contribution in [2.75, 3.05) is 18.9 Å². The molecule has 0 aliphatic carbocycles. The summed E-state index contributed by atoms with van der Waals surface area (Å²) in [5.74, 6) is -0.423. The fourth-order valence-electron chi connectivity index (χ4n) is 4.00. The van der Waals surface area contributed by atoms with Gasteiger partial charge in [0.15, 0.2) is 10.9 Å². The maximum Gasteiger partial charge on any atom is 0.262 e. The second-order valence-electron chi connectivity index (χ2n) is 9.33. The molecule has 0 radical (unpaired) electrons. The summed E-state index contributed by atoms with van der Waals surface area (Å²) >= 11 is 1.17. The normalized spacial score (nSPS) is 15.5. The van der Waals surface area contributed by atoms with E-state index in [9.17, 15) is 18.8 Å². The maximum atomic E-state index is 13.4. The van der Waals surface area contributed by atoms with E-state index in [0.29, 0.717) is 52.8 Å². The van der Waals surface area contributed by atoms with Crippen LogP contribution in [0.4, 0.5) is 4.39 Å². The number of nitrogens with zero attached hydrogens (tertiary/aromatic N) is 2. The first-order chi connectivity index (χ1) is 17.3. The summed E-state index contributed by atoms with van der Waals surface area (Å²) in [5.41, 5.74) is 1.00. The monoisotopic (exact) mass is 511 g/mol. The van der Waals surface area contributed by atoms with Crippen molar-refractivity contribution in [3.63, 3.8) is 0 Å². The van der Waals surface area contributed by atoms with Gasteiger partial charge in [0, 0.05) is 30.8 Å². The summed E-state index contributed by atoms with van der Waals surface area (Å²) in [6, 6.07) is 10.3. The van der Waals surface area contributed by atoms with Crippen molar-refractivity contribution in [2.45, 2.75) is 50.9 Å². The van der Waals surface area contributed by atoms with Gasteiger partial charge in [0.2, 0.25) is 0 Å². The molecule has 9 heteroatoms. The number of aromatic nitrogens is 2. The smallest absolute Gasteiger partial charge is 0.262 e. The van der Waals surface area contributed by atoms with Gasteiger partial charge in [0.25, 0.3) is 11.5 Å². The lowest BCUT2D eigenvalue weighted by Gasteiger charge is -2.15. The summed E-state index contributed by atoms with van der Waals surface area (Å²) in [6.07, 6.45) is 2.72. The molecular weight excluding hydrogens is 481 g/mol. The predicted molar refractivity (Wildman–Crippen MR) is 138 cm³/mol. The number of hydrogen-bond donors (Lipinski definition) is 1. The second-order valence-corrected chi connectivity index (χ2v) is 10.3. The van der Waals surface area contributed by atoms with Crippen molar-refractivity contribution >= 4 is 34.4 Å². The van der Waals surface area contributed by atoms with Gasteiger partial charge in [-0.25, -0.2) is 9.37 Å². The Bertz CT molecular complexity index is 1300. The molecule has 1 aliphatic rings. The number of halogens is 1. The maximum absolute atomic E-state index is 13.4. The number of fused-ring (bicyclic) bond motifs is 1. The molecule has 1 saturated heterocycles. The van der Waals surface area contributed by atoms with E-state index < -0.39 is 5.82 Å². The predicted octanol–water partition coefficient (Wildman–Crippen LogP) is 4.47. The van der Waals surface area contributed by atoms with E-state index in [0.717, 1.165) is 19.3 Å². The minimum Gasteiger partial charge on any atom is -0.376 e. The number of thioether (sulfide) groups is 1. The Hall–Kier alpha value is -3.04. The third-order valence-electron chi connectivity index (χ3n) is 6.13. The molecule has 3 aromatic rings. The number of benzene rings is 2. The highest BCUT2D eigenvalue weighted by molar-refractivity contribution is 7.99. The number of nitrogens with one attached hydrogen (secondary N) is 1. The van der Waals surface area contributed by atoms with E-state index in [1.807, 2.05) is 0 Å². The third kappa shape index (κ3) is 6.39. The van der Waals surface area contributed by atoms with Crippen LogP contribution in [0.25, 0.3) is 10.9 Å². The van der Waals surface area contributed by atoms with Crippen molar-refractivity contribution < 1.29 is 18.7 Å². The Morgan fingerprint density at radius 1 is 1.19 bits per heavy atom. The number of ketones is 1. The van der Waals surface area contributed by atoms with E-state index in [1.165, 1.54) is 36.0 Å². The van der Waals surface area contributed by atoms with Crippen LogP contribution in [-0.2, 0) is 11.3 Å². The average molecular weight is 512 g/mol. The molecule has 1 N–H and O–H groups in total. The van der Waals surface area contributed by atoms with Crippen molar-refractivity contribution in [1.82, 2.24) is 14.9 Å². The van der Waals surface area contributed by atoms with Crippen molar-refractivity contribution in [2.24, 2.45) is 5.92 Å². The van der Waals surface area contributed by atoms with Gasteiger partial charge in [-0.2, -0.15) is 0 Å². The highest BCUT2D eigenvalue weighted by atomic mass is 32.2. The van der Waals surface area contributed by atoms with Crippen molar-refractivity contribution in [1.29, 1.82) is 0 Å². The molecule has 190 valence electrons. The lowest BCUT2D eigenvalue weighted by molar-refractivity contribution is 0.0857. The zero-order valence-corrected chi connectivity index (χ0v) is 21.3. The van der Waals surface area contributed by atoms with Gasteiger partial charge in [0.05, 0.1) is 22.8 Å². The second kappa shape index (κ2) is 11.8. The Balaban J connectivity index is 1.59. The van der Waals surface area contributed by atoms with Crippen LogP contribution >= 0.6 is 11.8 Å². The van der Waals surface area contributed by atoms with Crippen molar-refractivity contribution in [3.05, 3.63) is 69.8 Å². The number of carbonyl (C=O) groups excluding carboxylic acids is 2. The molecular formula is C27H30FN3O4S. The Kier molecular flexibility index (Phi) is 8.53. The fourth-order valence-corrected chi connectivity index (χ4v) is 4.92. The number of carbonyl (C=O) groups is 2. The van der Waals surface area contributed by atoms with Crippen LogP contribution in [-0.4, -0.2) is 46.2 Å². The molecule has 0 unspecified atom stereocenters. The van der Waals surface area contributed by atoms with Crippen LogP contribution < -0.4 is 10.9 Å². The zero-order chi connectivity index (χ0) is 25.7. The van der Waals surface area contributed by atoms with E-state index in [-0.39, 0.29) is 29.1 Å². The highest BCUT2D eigenvalue weighted by Crippen LogP contribution is 2.21. The van der Waals surface area contributed by atoms with Gasteiger partial charge >= 0.3 is 0 Å². The zero-order valence-electron chi connectivity index (χ0n) is 20.5. The van der Waals surface area contributed by atoms with Gasteiger partial charge < -0.3 is 10.1 Å². The summed E-state index contributed by atoms with van der Waals surface area (Å²) in [6.45, 7) is 5.77.